The second-order valence-corrected chi connectivity index (χ2v) is 14.0. The predicted octanol–water partition coefficient (Wildman–Crippen LogP) is 14.2. The molecule has 0 aliphatic rings. The van der Waals surface area contributed by atoms with Crippen molar-refractivity contribution in [3.63, 3.8) is 0 Å². The third-order valence-corrected chi connectivity index (χ3v) is 11.3. The molecule has 0 nitrogen and oxygen atoms in total. The average molecular weight is 639 g/mol. The molecule has 9 aromatic carbocycles. The molecular formula is C48H30S. The molecule has 0 amide bonds. The summed E-state index contributed by atoms with van der Waals surface area (Å²) in [4.78, 5) is 0. The van der Waals surface area contributed by atoms with Crippen LogP contribution in [0.1, 0.15) is 0 Å². The van der Waals surface area contributed by atoms with Crippen molar-refractivity contribution in [1.29, 1.82) is 0 Å². The van der Waals surface area contributed by atoms with Crippen LogP contribution in [0.4, 0.5) is 0 Å². The van der Waals surface area contributed by atoms with E-state index in [1.54, 1.807) is 0 Å². The maximum Gasteiger partial charge on any atom is 0.0433 e. The Morgan fingerprint density at radius 2 is 0.816 bits per heavy atom. The summed E-state index contributed by atoms with van der Waals surface area (Å²) in [6, 6.07) is 67.0. The van der Waals surface area contributed by atoms with Crippen molar-refractivity contribution >= 4 is 63.8 Å². The normalized spacial score (nSPS) is 11.7. The van der Waals surface area contributed by atoms with Crippen LogP contribution >= 0.6 is 11.3 Å². The van der Waals surface area contributed by atoms with Gasteiger partial charge in [0, 0.05) is 20.2 Å². The van der Waals surface area contributed by atoms with E-state index in [2.05, 4.69) is 182 Å². The van der Waals surface area contributed by atoms with Crippen LogP contribution in [0.3, 0.4) is 0 Å². The number of rotatable bonds is 4. The molecule has 1 heterocycles. The second-order valence-electron chi connectivity index (χ2n) is 12.9. The monoisotopic (exact) mass is 638 g/mol. The fourth-order valence-corrected chi connectivity index (χ4v) is 8.79. The van der Waals surface area contributed by atoms with Gasteiger partial charge in [-0.2, -0.15) is 0 Å². The molecule has 0 radical (unpaired) electrons. The molecule has 1 heteroatoms. The van der Waals surface area contributed by atoms with Crippen LogP contribution in [0, 0.1) is 0 Å². The standard InChI is InChI=1S/C48H30S/c1-2-9-36-28-37(25-20-31(36)8-1)32-16-18-33(19-17-32)38-26-27-39-30-45(41-10-3-4-11-42(41)46(39)29-38)35-23-21-34(22-24-35)40-13-7-14-44-43-12-5-6-15-47(43)49-48(40)44/h1-30H. The van der Waals surface area contributed by atoms with Gasteiger partial charge in [-0.05, 0) is 101 Å². The van der Waals surface area contributed by atoms with Gasteiger partial charge in [0.1, 0.15) is 0 Å². The first-order valence-electron chi connectivity index (χ1n) is 16.8. The summed E-state index contributed by atoms with van der Waals surface area (Å²) in [7, 11) is 0. The van der Waals surface area contributed by atoms with E-state index in [1.165, 1.54) is 97.0 Å². The summed E-state index contributed by atoms with van der Waals surface area (Å²) in [5.41, 5.74) is 9.98. The third kappa shape index (κ3) is 4.74. The molecule has 0 saturated heterocycles. The fourth-order valence-electron chi connectivity index (χ4n) is 7.55. The van der Waals surface area contributed by atoms with Gasteiger partial charge in [0.25, 0.3) is 0 Å². The van der Waals surface area contributed by atoms with Gasteiger partial charge in [-0.25, -0.2) is 0 Å². The molecular weight excluding hydrogens is 609 g/mol. The molecule has 10 aromatic rings. The van der Waals surface area contributed by atoms with Crippen LogP contribution < -0.4 is 0 Å². The number of hydrogen-bond donors (Lipinski definition) is 0. The molecule has 1 aromatic heterocycles. The fraction of sp³-hybridized carbons (Fsp3) is 0. The van der Waals surface area contributed by atoms with Crippen molar-refractivity contribution < 1.29 is 0 Å². The van der Waals surface area contributed by atoms with Crippen LogP contribution in [0.15, 0.2) is 182 Å². The van der Waals surface area contributed by atoms with Gasteiger partial charge >= 0.3 is 0 Å². The molecule has 0 atom stereocenters. The lowest BCUT2D eigenvalue weighted by molar-refractivity contribution is 1.61. The van der Waals surface area contributed by atoms with E-state index in [0.29, 0.717) is 0 Å². The van der Waals surface area contributed by atoms with E-state index in [-0.39, 0.29) is 0 Å². The average Bonchev–Trinajstić information content (AvgIpc) is 3.56. The Kier molecular flexibility index (Phi) is 6.47. The maximum absolute atomic E-state index is 2.37. The summed E-state index contributed by atoms with van der Waals surface area (Å²) < 4.78 is 2.69. The maximum atomic E-state index is 2.37. The smallest absolute Gasteiger partial charge is 0.0433 e. The van der Waals surface area contributed by atoms with Crippen molar-refractivity contribution in [1.82, 2.24) is 0 Å². The molecule has 228 valence electrons. The number of hydrogen-bond acceptors (Lipinski definition) is 1. The SMILES string of the molecule is c1ccc2cc(-c3ccc(-c4ccc5cc(-c6ccc(-c7cccc8c7sc7ccccc78)cc6)c6ccccc6c5c4)cc3)ccc2c1. The molecule has 0 aliphatic heterocycles. The minimum Gasteiger partial charge on any atom is -0.135 e. The van der Waals surface area contributed by atoms with E-state index in [0.717, 1.165) is 0 Å². The Bertz CT molecular complexity index is 2850. The van der Waals surface area contributed by atoms with Gasteiger partial charge in [0.05, 0.1) is 0 Å². The number of benzene rings is 9. The summed E-state index contributed by atoms with van der Waals surface area (Å²) >= 11 is 1.89. The van der Waals surface area contributed by atoms with E-state index in [4.69, 9.17) is 0 Å². The Morgan fingerprint density at radius 3 is 1.59 bits per heavy atom. The lowest BCUT2D eigenvalue weighted by Crippen LogP contribution is -1.87. The first kappa shape index (κ1) is 28.0. The molecule has 0 N–H and O–H groups in total. The lowest BCUT2D eigenvalue weighted by atomic mass is 9.90. The Hall–Kier alpha value is -6.02. The van der Waals surface area contributed by atoms with Crippen LogP contribution in [-0.4, -0.2) is 0 Å². The van der Waals surface area contributed by atoms with Gasteiger partial charge in [0.2, 0.25) is 0 Å². The van der Waals surface area contributed by atoms with Crippen molar-refractivity contribution in [2.45, 2.75) is 0 Å². The van der Waals surface area contributed by atoms with Crippen molar-refractivity contribution in [3.8, 4) is 44.5 Å². The second kappa shape index (κ2) is 11.3. The largest absolute Gasteiger partial charge is 0.135 e. The Balaban J connectivity index is 1.01. The van der Waals surface area contributed by atoms with Crippen LogP contribution in [0.2, 0.25) is 0 Å². The summed E-state index contributed by atoms with van der Waals surface area (Å²) in [6.07, 6.45) is 0. The van der Waals surface area contributed by atoms with Crippen LogP contribution in [-0.2, 0) is 0 Å². The van der Waals surface area contributed by atoms with Crippen molar-refractivity contribution in [3.05, 3.63) is 182 Å². The molecule has 49 heavy (non-hydrogen) atoms. The summed E-state index contributed by atoms with van der Waals surface area (Å²) in [6.45, 7) is 0. The third-order valence-electron chi connectivity index (χ3n) is 10.1. The highest BCUT2D eigenvalue weighted by molar-refractivity contribution is 7.26. The zero-order valence-corrected chi connectivity index (χ0v) is 27.5. The van der Waals surface area contributed by atoms with Gasteiger partial charge in [-0.1, -0.05) is 158 Å². The van der Waals surface area contributed by atoms with Crippen LogP contribution in [0.5, 0.6) is 0 Å². The Morgan fingerprint density at radius 1 is 0.265 bits per heavy atom. The van der Waals surface area contributed by atoms with Gasteiger partial charge < -0.3 is 0 Å². The Labute approximate surface area is 289 Å². The number of thiophene rings is 1. The highest BCUT2D eigenvalue weighted by Crippen LogP contribution is 2.41. The van der Waals surface area contributed by atoms with Crippen LogP contribution in [0.25, 0.3) is 97.0 Å². The zero-order chi connectivity index (χ0) is 32.3. The first-order valence-corrected chi connectivity index (χ1v) is 17.6. The highest BCUT2D eigenvalue weighted by atomic mass is 32.1. The molecule has 10 rings (SSSR count). The lowest BCUT2D eigenvalue weighted by Gasteiger charge is -2.13. The van der Waals surface area contributed by atoms with Gasteiger partial charge in [-0.3, -0.25) is 0 Å². The molecule has 0 bridgehead atoms. The topological polar surface area (TPSA) is 0 Å². The van der Waals surface area contributed by atoms with Crippen molar-refractivity contribution in [2.75, 3.05) is 0 Å². The van der Waals surface area contributed by atoms with Crippen molar-refractivity contribution in [2.24, 2.45) is 0 Å². The minimum atomic E-state index is 1.23. The molecule has 0 fully saturated rings. The highest BCUT2D eigenvalue weighted by Gasteiger charge is 2.13. The predicted molar refractivity (Wildman–Crippen MR) is 214 cm³/mol. The molecule has 0 saturated carbocycles. The van der Waals surface area contributed by atoms with E-state index in [9.17, 15) is 0 Å². The molecule has 0 aliphatic carbocycles. The minimum absolute atomic E-state index is 1.23. The first-order chi connectivity index (χ1) is 24.3. The van der Waals surface area contributed by atoms with Gasteiger partial charge in [-0.15, -0.1) is 11.3 Å². The number of fused-ring (bicyclic) bond motifs is 7. The van der Waals surface area contributed by atoms with E-state index >= 15 is 0 Å². The summed E-state index contributed by atoms with van der Waals surface area (Å²) in [5.74, 6) is 0. The molecule has 0 spiro atoms. The van der Waals surface area contributed by atoms with Gasteiger partial charge in [0.15, 0.2) is 0 Å². The van der Waals surface area contributed by atoms with E-state index in [1.807, 2.05) is 11.3 Å². The quantitative estimate of drug-likeness (QED) is 0.168. The summed E-state index contributed by atoms with van der Waals surface area (Å²) in [5, 5.41) is 10.3. The molecule has 0 unspecified atom stereocenters. The zero-order valence-electron chi connectivity index (χ0n) is 26.7. The van der Waals surface area contributed by atoms with E-state index < -0.39 is 0 Å².